The van der Waals surface area contributed by atoms with Gasteiger partial charge in [0.25, 0.3) is 0 Å². The topological polar surface area (TPSA) is 44.4 Å². The third kappa shape index (κ3) is 10.3. The van der Waals surface area contributed by atoms with Crippen molar-refractivity contribution in [2.24, 2.45) is 0 Å². The highest BCUT2D eigenvalue weighted by Crippen LogP contribution is 2.52. The Morgan fingerprint density at radius 1 is 0.193 bits per heavy atom. The maximum absolute atomic E-state index is 9.11. The number of furan rings is 3. The van der Waals surface area contributed by atoms with Crippen LogP contribution < -0.4 is 0 Å². The summed E-state index contributed by atoms with van der Waals surface area (Å²) >= 11 is 0. The summed E-state index contributed by atoms with van der Waals surface area (Å²) in [7, 11) is 0. The molecule has 0 amide bonds. The molecular formula is C110H67NO3. The second-order valence-electron chi connectivity index (χ2n) is 29.2. The van der Waals surface area contributed by atoms with E-state index in [1.807, 2.05) is 121 Å². The summed E-state index contributed by atoms with van der Waals surface area (Å²) in [5.41, 5.74) is 22.2. The SMILES string of the molecule is [2H]c1c([2H])c([2H])c(-c2c3ccccc3c(-c3cc(-c4ccc5oc6ccccc6c5c4-c4ccc5c6ccccc6n(-c6ccccc6)c5c4)cc4ccccc34)c3ccccc23)c([2H])c1[2H].[2H]c1c([2H])c([2H])c(-c2c3ccccc3c(-c3cccc(-c4c(-c5ccc6c(c5)oc5ccccc56)ccc5oc6ccccc6c45)c3)c3ccccc23)c([2H])c1[2H]. The van der Waals surface area contributed by atoms with E-state index >= 15 is 0 Å². The maximum Gasteiger partial charge on any atom is 0.136 e. The Hall–Kier alpha value is -15.1. The number of fused-ring (bicyclic) bond motifs is 17. The number of nitrogens with zero attached hydrogens (tertiary/aromatic N) is 1. The Labute approximate surface area is 670 Å². The van der Waals surface area contributed by atoms with Crippen molar-refractivity contribution in [3.8, 4) is 94.7 Å². The van der Waals surface area contributed by atoms with Gasteiger partial charge in [0.1, 0.15) is 33.5 Å². The zero-order valence-corrected chi connectivity index (χ0v) is 61.1. The third-order valence-corrected chi connectivity index (χ3v) is 23.0. The average molecular weight is 1460 g/mol. The number of aromatic nitrogens is 1. The molecule has 0 fully saturated rings. The lowest BCUT2D eigenvalue weighted by Crippen LogP contribution is -1.94. The van der Waals surface area contributed by atoms with E-state index in [1.165, 1.54) is 10.8 Å². The van der Waals surface area contributed by atoms with Gasteiger partial charge in [-0.1, -0.05) is 321 Å². The summed E-state index contributed by atoms with van der Waals surface area (Å²) in [6.07, 6.45) is 0. The zero-order valence-electron chi connectivity index (χ0n) is 71.1. The fraction of sp³-hybridized carbons (Fsp3) is 0. The number of benzene rings is 20. The normalized spacial score (nSPS) is 13.1. The molecular weight excluding hydrogens is 1380 g/mol. The quantitative estimate of drug-likeness (QED) is 0.135. The van der Waals surface area contributed by atoms with Crippen LogP contribution in [0.4, 0.5) is 0 Å². The third-order valence-electron chi connectivity index (χ3n) is 23.0. The van der Waals surface area contributed by atoms with Crippen LogP contribution in [-0.4, -0.2) is 4.57 Å². The molecule has 0 aliphatic rings. The molecule has 0 radical (unpaired) electrons. The van der Waals surface area contributed by atoms with Gasteiger partial charge in [0.05, 0.1) is 24.7 Å². The van der Waals surface area contributed by atoms with Gasteiger partial charge in [-0.15, -0.1) is 0 Å². The molecule has 0 aliphatic heterocycles. The molecule has 24 rings (SSSR count). The van der Waals surface area contributed by atoms with Gasteiger partial charge in [-0.05, 0) is 217 Å². The molecule has 24 aromatic rings. The molecule has 4 aromatic heterocycles. The van der Waals surface area contributed by atoms with Crippen LogP contribution in [0.2, 0.25) is 0 Å². The van der Waals surface area contributed by atoms with E-state index in [-0.39, 0.29) is 59.5 Å². The minimum Gasteiger partial charge on any atom is -0.456 e. The summed E-state index contributed by atoms with van der Waals surface area (Å²) in [5.74, 6) is 0. The molecule has 20 aromatic carbocycles. The highest BCUT2D eigenvalue weighted by atomic mass is 16.3. The Morgan fingerprint density at radius 3 is 1.15 bits per heavy atom. The average Bonchev–Trinajstić information content (AvgIpc) is 0.744. The highest BCUT2D eigenvalue weighted by molar-refractivity contribution is 6.27. The van der Waals surface area contributed by atoms with Gasteiger partial charge in [0.2, 0.25) is 0 Å². The summed E-state index contributed by atoms with van der Waals surface area (Å²) in [5, 5.41) is 17.7. The van der Waals surface area contributed by atoms with Gasteiger partial charge in [0, 0.05) is 59.9 Å². The van der Waals surface area contributed by atoms with Gasteiger partial charge >= 0.3 is 0 Å². The second kappa shape index (κ2) is 26.3. The van der Waals surface area contributed by atoms with Crippen molar-refractivity contribution in [1.29, 1.82) is 0 Å². The maximum atomic E-state index is 9.11. The lowest BCUT2D eigenvalue weighted by atomic mass is 9.83. The van der Waals surface area contributed by atoms with Crippen LogP contribution in [0.15, 0.2) is 419 Å². The van der Waals surface area contributed by atoms with Gasteiger partial charge < -0.3 is 17.8 Å². The molecule has 4 heterocycles. The Morgan fingerprint density at radius 2 is 0.588 bits per heavy atom. The molecule has 0 spiro atoms. The van der Waals surface area contributed by atoms with Crippen LogP contribution in [0.3, 0.4) is 0 Å². The van der Waals surface area contributed by atoms with E-state index in [4.69, 9.17) is 27.0 Å². The molecule has 530 valence electrons. The molecule has 0 N–H and O–H groups in total. The van der Waals surface area contributed by atoms with Gasteiger partial charge in [-0.2, -0.15) is 0 Å². The van der Waals surface area contributed by atoms with Crippen molar-refractivity contribution in [2.45, 2.75) is 0 Å². The lowest BCUT2D eigenvalue weighted by molar-refractivity contribution is 0.668. The number of rotatable bonds is 9. The summed E-state index contributed by atoms with van der Waals surface area (Å²) in [6.45, 7) is 0. The molecule has 114 heavy (non-hydrogen) atoms. The first-order chi connectivity index (χ1) is 60.7. The Balaban J connectivity index is 0.000000145. The Bertz CT molecular complexity index is 8550. The van der Waals surface area contributed by atoms with Crippen molar-refractivity contribution in [2.75, 3.05) is 0 Å². The second-order valence-corrected chi connectivity index (χ2v) is 29.2. The summed E-state index contributed by atoms with van der Waals surface area (Å²) < 4.78 is 109. The lowest BCUT2D eigenvalue weighted by Gasteiger charge is -2.20. The minimum atomic E-state index is -0.410. The van der Waals surface area contributed by atoms with E-state index in [1.54, 1.807) is 0 Å². The highest BCUT2D eigenvalue weighted by Gasteiger charge is 2.26. The largest absolute Gasteiger partial charge is 0.456 e. The number of para-hydroxylation sites is 5. The van der Waals surface area contributed by atoms with Crippen molar-refractivity contribution < 1.29 is 27.0 Å². The van der Waals surface area contributed by atoms with E-state index in [0.29, 0.717) is 11.1 Å². The van der Waals surface area contributed by atoms with Crippen molar-refractivity contribution in [3.63, 3.8) is 0 Å². The van der Waals surface area contributed by atoms with E-state index < -0.39 is 12.1 Å². The molecule has 0 unspecified atom stereocenters. The van der Waals surface area contributed by atoms with Crippen LogP contribution in [0, 0.1) is 0 Å². The van der Waals surface area contributed by atoms with Crippen LogP contribution in [0.25, 0.3) is 236 Å². The first-order valence-corrected chi connectivity index (χ1v) is 38.3. The minimum absolute atomic E-state index is 0.192. The van der Waals surface area contributed by atoms with Gasteiger partial charge in [-0.25, -0.2) is 0 Å². The van der Waals surface area contributed by atoms with Crippen LogP contribution >= 0.6 is 0 Å². The smallest absolute Gasteiger partial charge is 0.136 e. The fourth-order valence-electron chi connectivity index (χ4n) is 18.2. The first-order valence-electron chi connectivity index (χ1n) is 43.3. The first kappa shape index (κ1) is 55.3. The van der Waals surface area contributed by atoms with Crippen LogP contribution in [0.5, 0.6) is 0 Å². The van der Waals surface area contributed by atoms with Gasteiger partial charge in [-0.3, -0.25) is 0 Å². The predicted molar refractivity (Wildman–Crippen MR) is 480 cm³/mol. The van der Waals surface area contributed by atoms with Gasteiger partial charge in [0.15, 0.2) is 0 Å². The molecule has 0 saturated carbocycles. The molecule has 4 nitrogen and oxygen atoms in total. The van der Waals surface area contributed by atoms with E-state index in [9.17, 15) is 0 Å². The monoisotopic (exact) mass is 1460 g/mol. The Kier molecular flexibility index (Phi) is 12.8. The number of hydrogen-bond donors (Lipinski definition) is 0. The van der Waals surface area contributed by atoms with E-state index in [0.717, 1.165) is 203 Å². The molecule has 0 saturated heterocycles. The van der Waals surface area contributed by atoms with Crippen molar-refractivity contribution >= 4 is 141 Å². The van der Waals surface area contributed by atoms with Crippen LogP contribution in [0.1, 0.15) is 13.7 Å². The van der Waals surface area contributed by atoms with Crippen molar-refractivity contribution in [3.05, 3.63) is 406 Å². The molecule has 0 aliphatic carbocycles. The summed E-state index contributed by atoms with van der Waals surface area (Å²) in [4.78, 5) is 0. The summed E-state index contributed by atoms with van der Waals surface area (Å²) in [6, 6.07) is 116. The number of hydrogen-bond acceptors (Lipinski definition) is 3. The molecule has 0 bridgehead atoms. The van der Waals surface area contributed by atoms with Crippen LogP contribution in [-0.2, 0) is 0 Å². The molecule has 0 atom stereocenters. The zero-order chi connectivity index (χ0) is 83.6. The standard InChI is InChI=1S/C60H37NO.C50H30O2/c1-3-17-38(18-4-1)57-47-24-9-11-26-49(47)59(50-27-12-10-25-48(50)57)52-36-41(35-39-19-7-8-22-43(39)52)44-33-34-56-60(51-28-14-16-30-55(51)62-56)58(44)40-31-32-46-45-23-13-15-29-53(45)61(54(46)37-40)42-20-5-2-6-21-42;1-2-13-31(14-3-1)47-38-18-4-6-20-40(38)48(41-21-7-5-19-39(41)47)33-15-12-16-34(29-33)49-35(27-28-45-50(49)42-22-9-11-24-44(42)51-45)32-25-26-37-36-17-8-10-23-43(36)52-46(37)30-32/h1-37H;1-30H/i1D,3D,4D,17D,18D;1D,2D,3D,13D,14D. The predicted octanol–water partition coefficient (Wildman–Crippen LogP) is 31.3. The van der Waals surface area contributed by atoms with E-state index in [2.05, 4.69) is 229 Å². The van der Waals surface area contributed by atoms with Crippen molar-refractivity contribution in [1.82, 2.24) is 4.57 Å². The fourth-order valence-corrected chi connectivity index (χ4v) is 18.2. The molecule has 4 heteroatoms.